The molecule has 4 heteroatoms. The SMILES string of the molecule is CC(C)COc1ccc(-c2nc(Cl)c3c(n2)CCC3)cc1. The van der Waals surface area contributed by atoms with E-state index in [0.717, 1.165) is 48.4 Å². The average molecular weight is 303 g/mol. The first-order valence-electron chi connectivity index (χ1n) is 7.42. The van der Waals surface area contributed by atoms with Gasteiger partial charge in [-0.05, 0) is 49.4 Å². The molecule has 0 atom stereocenters. The molecule has 0 fully saturated rings. The first kappa shape index (κ1) is 14.3. The highest BCUT2D eigenvalue weighted by molar-refractivity contribution is 6.30. The Kier molecular flexibility index (Phi) is 4.11. The number of hydrogen-bond acceptors (Lipinski definition) is 3. The van der Waals surface area contributed by atoms with Gasteiger partial charge in [0.2, 0.25) is 0 Å². The van der Waals surface area contributed by atoms with Crippen LogP contribution in [-0.2, 0) is 12.8 Å². The van der Waals surface area contributed by atoms with Crippen LogP contribution in [0, 0.1) is 5.92 Å². The lowest BCUT2D eigenvalue weighted by Crippen LogP contribution is -2.04. The molecule has 0 saturated carbocycles. The summed E-state index contributed by atoms with van der Waals surface area (Å²) in [4.78, 5) is 9.08. The molecule has 1 aliphatic rings. The second-order valence-corrected chi connectivity index (χ2v) is 6.20. The molecule has 3 rings (SSSR count). The normalized spacial score (nSPS) is 13.5. The molecule has 1 aliphatic carbocycles. The zero-order valence-electron chi connectivity index (χ0n) is 12.4. The zero-order chi connectivity index (χ0) is 14.8. The highest BCUT2D eigenvalue weighted by Gasteiger charge is 2.18. The maximum absolute atomic E-state index is 6.26. The van der Waals surface area contributed by atoms with Crippen LogP contribution in [0.15, 0.2) is 24.3 Å². The fraction of sp³-hybridized carbons (Fsp3) is 0.412. The smallest absolute Gasteiger partial charge is 0.161 e. The molecular formula is C17H19ClN2O. The summed E-state index contributed by atoms with van der Waals surface area (Å²) in [5, 5.41) is 0.604. The van der Waals surface area contributed by atoms with Crippen LogP contribution >= 0.6 is 11.6 Å². The third-order valence-corrected chi connectivity index (χ3v) is 3.89. The predicted octanol–water partition coefficient (Wildman–Crippen LogP) is 4.32. The number of benzene rings is 1. The molecule has 0 unspecified atom stereocenters. The van der Waals surface area contributed by atoms with Crippen molar-refractivity contribution >= 4 is 11.6 Å². The molecule has 1 aromatic carbocycles. The molecule has 0 aliphatic heterocycles. The number of rotatable bonds is 4. The highest BCUT2D eigenvalue weighted by Crippen LogP contribution is 2.29. The van der Waals surface area contributed by atoms with E-state index in [4.69, 9.17) is 16.3 Å². The molecule has 2 aromatic rings. The average Bonchev–Trinajstić information content (AvgIpc) is 2.94. The summed E-state index contributed by atoms with van der Waals surface area (Å²) >= 11 is 6.26. The van der Waals surface area contributed by atoms with Gasteiger partial charge in [-0.1, -0.05) is 25.4 Å². The maximum atomic E-state index is 6.26. The number of hydrogen-bond donors (Lipinski definition) is 0. The van der Waals surface area contributed by atoms with Crippen LogP contribution in [-0.4, -0.2) is 16.6 Å². The number of nitrogens with zero attached hydrogens (tertiary/aromatic N) is 2. The Balaban J connectivity index is 1.83. The van der Waals surface area contributed by atoms with Gasteiger partial charge in [0.15, 0.2) is 5.82 Å². The van der Waals surface area contributed by atoms with E-state index in [1.807, 2.05) is 24.3 Å². The van der Waals surface area contributed by atoms with Crippen molar-refractivity contribution in [2.75, 3.05) is 6.61 Å². The molecule has 0 spiro atoms. The molecule has 3 nitrogen and oxygen atoms in total. The highest BCUT2D eigenvalue weighted by atomic mass is 35.5. The van der Waals surface area contributed by atoms with Gasteiger partial charge in [-0.15, -0.1) is 0 Å². The first-order chi connectivity index (χ1) is 10.1. The molecule has 0 saturated heterocycles. The monoisotopic (exact) mass is 302 g/mol. The van der Waals surface area contributed by atoms with Gasteiger partial charge < -0.3 is 4.74 Å². The summed E-state index contributed by atoms with van der Waals surface area (Å²) < 4.78 is 5.69. The van der Waals surface area contributed by atoms with Gasteiger partial charge in [0, 0.05) is 16.8 Å². The summed E-state index contributed by atoms with van der Waals surface area (Å²) in [6.07, 6.45) is 3.12. The van der Waals surface area contributed by atoms with Crippen LogP contribution in [0.25, 0.3) is 11.4 Å². The summed E-state index contributed by atoms with van der Waals surface area (Å²) in [5.74, 6) is 2.10. The Morgan fingerprint density at radius 3 is 2.62 bits per heavy atom. The van der Waals surface area contributed by atoms with Crippen LogP contribution in [0.4, 0.5) is 0 Å². The van der Waals surface area contributed by atoms with E-state index in [1.54, 1.807) is 0 Å². The third-order valence-electron chi connectivity index (χ3n) is 3.58. The molecule has 1 heterocycles. The van der Waals surface area contributed by atoms with Crippen LogP contribution in [0.1, 0.15) is 31.5 Å². The van der Waals surface area contributed by atoms with Crippen molar-refractivity contribution in [3.05, 3.63) is 40.7 Å². The minimum absolute atomic E-state index is 0.517. The lowest BCUT2D eigenvalue weighted by molar-refractivity contribution is 0.271. The summed E-state index contributed by atoms with van der Waals surface area (Å²) in [5.41, 5.74) is 3.20. The summed E-state index contributed by atoms with van der Waals surface area (Å²) in [7, 11) is 0. The topological polar surface area (TPSA) is 35.0 Å². The van der Waals surface area contributed by atoms with Crippen molar-refractivity contribution in [3.63, 3.8) is 0 Å². The summed E-state index contributed by atoms with van der Waals surface area (Å²) in [6.45, 7) is 4.99. The molecule has 0 radical (unpaired) electrons. The van der Waals surface area contributed by atoms with Crippen molar-refractivity contribution < 1.29 is 4.74 Å². The van der Waals surface area contributed by atoms with Crippen molar-refractivity contribution in [2.45, 2.75) is 33.1 Å². The van der Waals surface area contributed by atoms with Crippen molar-refractivity contribution in [1.82, 2.24) is 9.97 Å². The molecule has 0 N–H and O–H groups in total. The minimum Gasteiger partial charge on any atom is -0.493 e. The van der Waals surface area contributed by atoms with Crippen molar-refractivity contribution in [3.8, 4) is 17.1 Å². The lowest BCUT2D eigenvalue weighted by atomic mass is 10.2. The lowest BCUT2D eigenvalue weighted by Gasteiger charge is -2.09. The van der Waals surface area contributed by atoms with Crippen LogP contribution in [0.3, 0.4) is 0 Å². The molecule has 0 amide bonds. The molecule has 21 heavy (non-hydrogen) atoms. The molecule has 0 bridgehead atoms. The van der Waals surface area contributed by atoms with Gasteiger partial charge >= 0.3 is 0 Å². The fourth-order valence-electron chi connectivity index (χ4n) is 2.48. The second-order valence-electron chi connectivity index (χ2n) is 5.85. The third kappa shape index (κ3) is 3.18. The second kappa shape index (κ2) is 6.02. The zero-order valence-corrected chi connectivity index (χ0v) is 13.2. The van der Waals surface area contributed by atoms with Gasteiger partial charge in [-0.25, -0.2) is 9.97 Å². The quantitative estimate of drug-likeness (QED) is 0.789. The maximum Gasteiger partial charge on any atom is 0.161 e. The largest absolute Gasteiger partial charge is 0.493 e. The van der Waals surface area contributed by atoms with Gasteiger partial charge in [-0.3, -0.25) is 0 Å². The van der Waals surface area contributed by atoms with Gasteiger partial charge in [0.1, 0.15) is 10.9 Å². The summed E-state index contributed by atoms with van der Waals surface area (Å²) in [6, 6.07) is 7.90. The standard InChI is InChI=1S/C17H19ClN2O/c1-11(2)10-21-13-8-6-12(7-9-13)17-19-15-5-3-4-14(15)16(18)20-17/h6-9,11H,3-5,10H2,1-2H3. The van der Waals surface area contributed by atoms with Crippen LogP contribution in [0.5, 0.6) is 5.75 Å². The fourth-order valence-corrected chi connectivity index (χ4v) is 2.76. The Morgan fingerprint density at radius 2 is 1.90 bits per heavy atom. The Hall–Kier alpha value is -1.61. The van der Waals surface area contributed by atoms with Gasteiger partial charge in [0.25, 0.3) is 0 Å². The Bertz CT molecular complexity index is 638. The van der Waals surface area contributed by atoms with E-state index in [-0.39, 0.29) is 0 Å². The van der Waals surface area contributed by atoms with Crippen molar-refractivity contribution in [1.29, 1.82) is 0 Å². The van der Waals surface area contributed by atoms with E-state index >= 15 is 0 Å². The first-order valence-corrected chi connectivity index (χ1v) is 7.80. The van der Waals surface area contributed by atoms with Crippen LogP contribution < -0.4 is 4.74 Å². The minimum atomic E-state index is 0.517. The van der Waals surface area contributed by atoms with E-state index in [1.165, 1.54) is 0 Å². The number of ether oxygens (including phenoxy) is 1. The number of fused-ring (bicyclic) bond motifs is 1. The molecule has 110 valence electrons. The number of aromatic nitrogens is 2. The predicted molar refractivity (Wildman–Crippen MR) is 84.8 cm³/mol. The number of halogens is 1. The van der Waals surface area contributed by atoms with E-state index in [2.05, 4.69) is 23.8 Å². The van der Waals surface area contributed by atoms with E-state index < -0.39 is 0 Å². The van der Waals surface area contributed by atoms with Gasteiger partial charge in [-0.2, -0.15) is 0 Å². The molecule has 1 aromatic heterocycles. The van der Waals surface area contributed by atoms with E-state index in [0.29, 0.717) is 16.9 Å². The van der Waals surface area contributed by atoms with E-state index in [9.17, 15) is 0 Å². The Morgan fingerprint density at radius 1 is 1.14 bits per heavy atom. The number of aryl methyl sites for hydroxylation is 1. The van der Waals surface area contributed by atoms with Gasteiger partial charge in [0.05, 0.1) is 6.61 Å². The molecular weight excluding hydrogens is 284 g/mol. The Labute approximate surface area is 130 Å². The van der Waals surface area contributed by atoms with Crippen LogP contribution in [0.2, 0.25) is 5.15 Å². The van der Waals surface area contributed by atoms with Crippen molar-refractivity contribution in [2.24, 2.45) is 5.92 Å².